The molecule has 0 aliphatic carbocycles. The van der Waals surface area contributed by atoms with Crippen molar-refractivity contribution in [1.82, 2.24) is 4.98 Å². The zero-order valence-electron chi connectivity index (χ0n) is 20.5. The molecule has 1 saturated heterocycles. The van der Waals surface area contributed by atoms with Gasteiger partial charge in [0.2, 0.25) is 5.88 Å². The zero-order valence-corrected chi connectivity index (χ0v) is 20.5. The fourth-order valence-corrected chi connectivity index (χ4v) is 4.32. The highest BCUT2D eigenvalue weighted by atomic mass is 16.5. The Balaban J connectivity index is 1.90. The predicted molar refractivity (Wildman–Crippen MR) is 134 cm³/mol. The molecule has 10 nitrogen and oxygen atoms in total. The Morgan fingerprint density at radius 3 is 2.57 bits per heavy atom. The first-order valence-electron chi connectivity index (χ1n) is 11.7. The van der Waals surface area contributed by atoms with Crippen LogP contribution in [0.3, 0.4) is 0 Å². The van der Waals surface area contributed by atoms with Crippen molar-refractivity contribution in [2.24, 2.45) is 0 Å². The lowest BCUT2D eigenvalue weighted by molar-refractivity contribution is -0.137. The molecule has 0 radical (unpaired) electrons. The Morgan fingerprint density at radius 2 is 1.97 bits per heavy atom. The molecule has 2 heterocycles. The van der Waals surface area contributed by atoms with Gasteiger partial charge in [0, 0.05) is 44.9 Å². The topological polar surface area (TPSA) is 122 Å². The molecule has 1 aromatic heterocycles. The van der Waals surface area contributed by atoms with Crippen LogP contribution in [-0.2, 0) is 14.3 Å². The summed E-state index contributed by atoms with van der Waals surface area (Å²) in [7, 11) is 3.07. The fraction of sp³-hybridized carbons (Fsp3) is 0.480. The molecular formula is C25H34N4O6. The number of amides is 2. The van der Waals surface area contributed by atoms with E-state index >= 15 is 0 Å². The monoisotopic (exact) mass is 486 g/mol. The number of nitrogens with one attached hydrogen (secondary N) is 2. The molecule has 2 aromatic rings. The van der Waals surface area contributed by atoms with Gasteiger partial charge in [0.1, 0.15) is 0 Å². The van der Waals surface area contributed by atoms with Crippen LogP contribution in [0.1, 0.15) is 37.7 Å². The van der Waals surface area contributed by atoms with Gasteiger partial charge in [0.25, 0.3) is 0 Å². The van der Waals surface area contributed by atoms with E-state index in [0.717, 1.165) is 30.6 Å². The molecule has 0 spiro atoms. The standard InChI is InChI=1S/C25H34N4O6/c1-4-29(20-9-11-35-12-10-20)22-7-5-17(18(16-33-2)14-24(30)31)13-21(22)28-25(32)27-19-6-8-23(34-3)26-15-19/h5-8,13,15,18,20H,4,9-12,14,16H2,1-3H3,(H,30,31)(H2,27,28,32). The van der Waals surface area contributed by atoms with Gasteiger partial charge in [-0.2, -0.15) is 0 Å². The molecule has 1 aliphatic rings. The van der Waals surface area contributed by atoms with E-state index in [9.17, 15) is 14.7 Å². The van der Waals surface area contributed by atoms with E-state index in [2.05, 4.69) is 27.4 Å². The van der Waals surface area contributed by atoms with Crippen LogP contribution in [0.2, 0.25) is 0 Å². The quantitative estimate of drug-likeness (QED) is 0.437. The second kappa shape index (κ2) is 12.9. The SMILES string of the molecule is CCN(c1ccc(C(COC)CC(=O)O)cc1NC(=O)Nc1ccc(OC)nc1)C1CCOCC1. The van der Waals surface area contributed by atoms with Gasteiger partial charge in [0.05, 0.1) is 43.4 Å². The fourth-order valence-electron chi connectivity index (χ4n) is 4.32. The van der Waals surface area contributed by atoms with Crippen molar-refractivity contribution in [2.75, 3.05) is 56.1 Å². The van der Waals surface area contributed by atoms with Crippen molar-refractivity contribution in [2.45, 2.75) is 38.1 Å². The Kier molecular flexibility index (Phi) is 9.68. The molecule has 1 aliphatic heterocycles. The minimum atomic E-state index is -0.909. The second-order valence-electron chi connectivity index (χ2n) is 8.32. The number of aromatic nitrogens is 1. The summed E-state index contributed by atoms with van der Waals surface area (Å²) < 4.78 is 15.9. The normalized spacial score (nSPS) is 14.7. The van der Waals surface area contributed by atoms with Crippen LogP contribution >= 0.6 is 0 Å². The number of methoxy groups -OCH3 is 2. The van der Waals surface area contributed by atoms with Crippen LogP contribution in [-0.4, -0.2) is 68.7 Å². The number of hydrogen-bond acceptors (Lipinski definition) is 7. The molecule has 0 bridgehead atoms. The largest absolute Gasteiger partial charge is 0.481 e. The number of rotatable bonds is 11. The number of anilines is 3. The molecule has 1 aromatic carbocycles. The Morgan fingerprint density at radius 1 is 1.20 bits per heavy atom. The van der Waals surface area contributed by atoms with Crippen molar-refractivity contribution in [1.29, 1.82) is 0 Å². The lowest BCUT2D eigenvalue weighted by Crippen LogP contribution is -2.40. The second-order valence-corrected chi connectivity index (χ2v) is 8.32. The Bertz CT molecular complexity index is 978. The lowest BCUT2D eigenvalue weighted by atomic mass is 9.95. The molecule has 1 unspecified atom stereocenters. The number of carboxylic acid groups (broad SMARTS) is 1. The highest BCUT2D eigenvalue weighted by Crippen LogP contribution is 2.34. The average molecular weight is 487 g/mol. The van der Waals surface area contributed by atoms with Gasteiger partial charge in [-0.15, -0.1) is 0 Å². The average Bonchev–Trinajstić information content (AvgIpc) is 2.86. The minimum absolute atomic E-state index is 0.0756. The Labute approximate surface area is 205 Å². The molecule has 3 N–H and O–H groups in total. The van der Waals surface area contributed by atoms with E-state index in [4.69, 9.17) is 14.2 Å². The summed E-state index contributed by atoms with van der Waals surface area (Å²) in [5, 5.41) is 15.1. The van der Waals surface area contributed by atoms with E-state index < -0.39 is 12.0 Å². The van der Waals surface area contributed by atoms with Crippen LogP contribution in [0.5, 0.6) is 5.88 Å². The molecular weight excluding hydrogens is 452 g/mol. The van der Waals surface area contributed by atoms with Gasteiger partial charge in [-0.1, -0.05) is 6.07 Å². The first kappa shape index (κ1) is 26.2. The van der Waals surface area contributed by atoms with E-state index in [1.807, 2.05) is 18.2 Å². The number of carbonyl (C=O) groups is 2. The number of pyridine rings is 1. The van der Waals surface area contributed by atoms with Crippen molar-refractivity contribution in [3.05, 3.63) is 42.1 Å². The number of hydrogen-bond donors (Lipinski definition) is 3. The van der Waals surface area contributed by atoms with Crippen LogP contribution in [0.25, 0.3) is 0 Å². The van der Waals surface area contributed by atoms with Crippen LogP contribution in [0, 0.1) is 0 Å². The van der Waals surface area contributed by atoms with Crippen molar-refractivity contribution in [3.63, 3.8) is 0 Å². The maximum atomic E-state index is 12.9. The third-order valence-electron chi connectivity index (χ3n) is 6.01. The van der Waals surface area contributed by atoms with Crippen LogP contribution in [0.4, 0.5) is 21.9 Å². The van der Waals surface area contributed by atoms with E-state index in [1.54, 1.807) is 19.2 Å². The maximum absolute atomic E-state index is 12.9. The third kappa shape index (κ3) is 7.30. The third-order valence-corrected chi connectivity index (χ3v) is 6.01. The summed E-state index contributed by atoms with van der Waals surface area (Å²) >= 11 is 0. The van der Waals surface area contributed by atoms with Crippen molar-refractivity contribution >= 4 is 29.1 Å². The summed E-state index contributed by atoms with van der Waals surface area (Å²) in [6, 6.07) is 8.92. The van der Waals surface area contributed by atoms with E-state index in [0.29, 0.717) is 30.5 Å². The highest BCUT2D eigenvalue weighted by Gasteiger charge is 2.25. The van der Waals surface area contributed by atoms with Gasteiger partial charge < -0.3 is 34.9 Å². The van der Waals surface area contributed by atoms with Gasteiger partial charge in [0.15, 0.2) is 0 Å². The molecule has 10 heteroatoms. The van der Waals surface area contributed by atoms with Gasteiger partial charge in [-0.3, -0.25) is 4.79 Å². The number of carboxylic acids is 1. The molecule has 190 valence electrons. The number of carbonyl (C=O) groups excluding carboxylic acids is 1. The molecule has 0 saturated carbocycles. The first-order chi connectivity index (χ1) is 16.9. The number of aliphatic carboxylic acids is 1. The van der Waals surface area contributed by atoms with Gasteiger partial charge >= 0.3 is 12.0 Å². The highest BCUT2D eigenvalue weighted by molar-refractivity contribution is 6.02. The number of ether oxygens (including phenoxy) is 3. The number of nitrogens with zero attached hydrogens (tertiary/aromatic N) is 2. The van der Waals surface area contributed by atoms with E-state index in [-0.39, 0.29) is 25.0 Å². The summed E-state index contributed by atoms with van der Waals surface area (Å²) in [6.07, 6.45) is 3.22. The zero-order chi connectivity index (χ0) is 25.2. The summed E-state index contributed by atoms with van der Waals surface area (Å²) in [4.78, 5) is 30.7. The Hall–Kier alpha value is -3.37. The molecule has 35 heavy (non-hydrogen) atoms. The summed E-state index contributed by atoms with van der Waals surface area (Å²) in [5.74, 6) is -0.810. The van der Waals surface area contributed by atoms with Crippen molar-refractivity contribution < 1.29 is 28.9 Å². The molecule has 2 amide bonds. The number of urea groups is 1. The maximum Gasteiger partial charge on any atom is 0.323 e. The smallest absolute Gasteiger partial charge is 0.323 e. The van der Waals surface area contributed by atoms with Crippen molar-refractivity contribution in [3.8, 4) is 5.88 Å². The lowest BCUT2D eigenvalue weighted by Gasteiger charge is -2.36. The first-order valence-corrected chi connectivity index (χ1v) is 11.7. The van der Waals surface area contributed by atoms with Crippen LogP contribution < -0.4 is 20.3 Å². The summed E-state index contributed by atoms with van der Waals surface area (Å²) in [5.41, 5.74) is 2.77. The molecule has 3 rings (SSSR count). The van der Waals surface area contributed by atoms with Crippen LogP contribution in [0.15, 0.2) is 36.5 Å². The minimum Gasteiger partial charge on any atom is -0.481 e. The predicted octanol–water partition coefficient (Wildman–Crippen LogP) is 3.94. The van der Waals surface area contributed by atoms with Gasteiger partial charge in [-0.25, -0.2) is 9.78 Å². The number of benzene rings is 1. The summed E-state index contributed by atoms with van der Waals surface area (Å²) in [6.45, 7) is 4.48. The molecule has 1 fully saturated rings. The van der Waals surface area contributed by atoms with E-state index in [1.165, 1.54) is 13.3 Å². The molecule has 1 atom stereocenters. The van der Waals surface area contributed by atoms with Gasteiger partial charge in [-0.05, 0) is 43.5 Å².